The van der Waals surface area contributed by atoms with E-state index in [-0.39, 0.29) is 0 Å². The summed E-state index contributed by atoms with van der Waals surface area (Å²) in [6, 6.07) is 10.4. The molecule has 0 bridgehead atoms. The summed E-state index contributed by atoms with van der Waals surface area (Å²) >= 11 is 0. The van der Waals surface area contributed by atoms with E-state index in [0.29, 0.717) is 0 Å². The van der Waals surface area contributed by atoms with Crippen LogP contribution in [0.5, 0.6) is 0 Å². The molecule has 0 aromatic heterocycles. The van der Waals surface area contributed by atoms with Crippen molar-refractivity contribution in [2.45, 2.75) is 6.92 Å². The third-order valence-electron chi connectivity index (χ3n) is 2.18. The molecule has 1 aliphatic rings. The SMILES string of the molecule is CC1=[C]N(C)CN1c1ccccc1. The van der Waals surface area contributed by atoms with E-state index in [1.807, 2.05) is 13.1 Å². The molecule has 0 spiro atoms. The first-order valence-corrected chi connectivity index (χ1v) is 4.41. The molecule has 0 saturated carbocycles. The van der Waals surface area contributed by atoms with Crippen molar-refractivity contribution in [3.05, 3.63) is 42.2 Å². The molecular formula is C11H13N2. The van der Waals surface area contributed by atoms with E-state index >= 15 is 0 Å². The van der Waals surface area contributed by atoms with Crippen molar-refractivity contribution in [3.63, 3.8) is 0 Å². The molecule has 1 aromatic carbocycles. The number of rotatable bonds is 1. The molecule has 67 valence electrons. The molecule has 0 atom stereocenters. The summed E-state index contributed by atoms with van der Waals surface area (Å²) in [5, 5.41) is 0. The predicted octanol–water partition coefficient (Wildman–Crippen LogP) is 2.06. The van der Waals surface area contributed by atoms with E-state index in [2.05, 4.69) is 47.2 Å². The smallest absolute Gasteiger partial charge is 0.0947 e. The number of allylic oxidation sites excluding steroid dienone is 1. The first-order valence-electron chi connectivity index (χ1n) is 4.41. The van der Waals surface area contributed by atoms with Gasteiger partial charge in [0.1, 0.15) is 0 Å². The average molecular weight is 173 g/mol. The molecule has 0 unspecified atom stereocenters. The zero-order valence-electron chi connectivity index (χ0n) is 7.99. The molecule has 0 saturated heterocycles. The zero-order valence-corrected chi connectivity index (χ0v) is 7.99. The second-order valence-corrected chi connectivity index (χ2v) is 3.30. The van der Waals surface area contributed by atoms with E-state index < -0.39 is 0 Å². The van der Waals surface area contributed by atoms with Gasteiger partial charge in [0.2, 0.25) is 0 Å². The lowest BCUT2D eigenvalue weighted by Crippen LogP contribution is -2.23. The van der Waals surface area contributed by atoms with Crippen molar-refractivity contribution in [2.24, 2.45) is 0 Å². The number of hydrogen-bond donors (Lipinski definition) is 0. The summed E-state index contributed by atoms with van der Waals surface area (Å²) in [7, 11) is 2.03. The largest absolute Gasteiger partial charge is 0.353 e. The van der Waals surface area contributed by atoms with Crippen LogP contribution in [0.15, 0.2) is 36.0 Å². The summed E-state index contributed by atoms with van der Waals surface area (Å²) < 4.78 is 0. The Kier molecular flexibility index (Phi) is 1.97. The molecule has 1 aromatic rings. The van der Waals surface area contributed by atoms with Crippen molar-refractivity contribution in [1.29, 1.82) is 0 Å². The molecule has 2 nitrogen and oxygen atoms in total. The second kappa shape index (κ2) is 3.13. The average Bonchev–Trinajstić information content (AvgIpc) is 2.47. The Hall–Kier alpha value is -1.44. The first kappa shape index (κ1) is 8.17. The predicted molar refractivity (Wildman–Crippen MR) is 54.0 cm³/mol. The third-order valence-corrected chi connectivity index (χ3v) is 2.18. The van der Waals surface area contributed by atoms with Gasteiger partial charge in [-0.05, 0) is 19.1 Å². The summed E-state index contributed by atoms with van der Waals surface area (Å²) in [4.78, 5) is 4.29. The minimum absolute atomic E-state index is 0.899. The number of anilines is 1. The Labute approximate surface area is 79.1 Å². The van der Waals surface area contributed by atoms with Crippen LogP contribution in [-0.4, -0.2) is 18.6 Å². The normalized spacial score (nSPS) is 16.3. The maximum atomic E-state index is 3.24. The highest BCUT2D eigenvalue weighted by Gasteiger charge is 2.16. The standard InChI is InChI=1S/C11H13N2/c1-10-8-12(2)9-13(10)11-6-4-3-5-7-11/h3-7H,9H2,1-2H3. The summed E-state index contributed by atoms with van der Waals surface area (Å²) in [6.45, 7) is 2.98. The highest BCUT2D eigenvalue weighted by molar-refractivity contribution is 5.51. The third kappa shape index (κ3) is 1.52. The lowest BCUT2D eigenvalue weighted by molar-refractivity contribution is 0.477. The van der Waals surface area contributed by atoms with Crippen LogP contribution in [-0.2, 0) is 0 Å². The van der Waals surface area contributed by atoms with Crippen LogP contribution >= 0.6 is 0 Å². The van der Waals surface area contributed by atoms with E-state index in [1.165, 1.54) is 11.4 Å². The number of hydrogen-bond acceptors (Lipinski definition) is 2. The lowest BCUT2D eigenvalue weighted by atomic mass is 10.3. The quantitative estimate of drug-likeness (QED) is 0.641. The van der Waals surface area contributed by atoms with Crippen molar-refractivity contribution in [2.75, 3.05) is 18.6 Å². The van der Waals surface area contributed by atoms with Crippen LogP contribution in [0.1, 0.15) is 6.92 Å². The van der Waals surface area contributed by atoms with Crippen molar-refractivity contribution in [1.82, 2.24) is 4.90 Å². The Balaban J connectivity index is 2.25. The number of benzene rings is 1. The van der Waals surface area contributed by atoms with Gasteiger partial charge in [-0.2, -0.15) is 0 Å². The molecule has 1 aliphatic heterocycles. The Morgan fingerprint density at radius 2 is 1.92 bits per heavy atom. The molecule has 2 rings (SSSR count). The van der Waals surface area contributed by atoms with Crippen LogP contribution in [0, 0.1) is 6.20 Å². The summed E-state index contributed by atoms with van der Waals surface area (Å²) in [5.41, 5.74) is 2.41. The topological polar surface area (TPSA) is 6.48 Å². The molecule has 1 radical (unpaired) electrons. The summed E-state index contributed by atoms with van der Waals surface area (Å²) in [5.74, 6) is 0. The van der Waals surface area contributed by atoms with E-state index in [4.69, 9.17) is 0 Å². The van der Waals surface area contributed by atoms with Gasteiger partial charge < -0.3 is 9.80 Å². The van der Waals surface area contributed by atoms with Gasteiger partial charge >= 0.3 is 0 Å². The maximum Gasteiger partial charge on any atom is 0.0947 e. The number of para-hydroxylation sites is 1. The van der Waals surface area contributed by atoms with Crippen molar-refractivity contribution in [3.8, 4) is 0 Å². The molecule has 1 heterocycles. The number of nitrogens with zero attached hydrogens (tertiary/aromatic N) is 2. The van der Waals surface area contributed by atoms with Gasteiger partial charge in [-0.3, -0.25) is 0 Å². The van der Waals surface area contributed by atoms with Gasteiger partial charge in [0, 0.05) is 18.4 Å². The highest BCUT2D eigenvalue weighted by atomic mass is 15.3. The Bertz CT molecular complexity index is 316. The second-order valence-electron chi connectivity index (χ2n) is 3.30. The molecule has 0 aliphatic carbocycles. The zero-order chi connectivity index (χ0) is 9.26. The van der Waals surface area contributed by atoms with Crippen molar-refractivity contribution < 1.29 is 0 Å². The molecule has 0 amide bonds. The van der Waals surface area contributed by atoms with Gasteiger partial charge in [-0.15, -0.1) is 0 Å². The fourth-order valence-electron chi connectivity index (χ4n) is 1.57. The lowest BCUT2D eigenvalue weighted by Gasteiger charge is -2.20. The summed E-state index contributed by atoms with van der Waals surface area (Å²) in [6.07, 6.45) is 3.24. The van der Waals surface area contributed by atoms with Crippen molar-refractivity contribution >= 4 is 5.69 Å². The monoisotopic (exact) mass is 173 g/mol. The molecule has 0 fully saturated rings. The van der Waals surface area contributed by atoms with Crippen LogP contribution in [0.25, 0.3) is 0 Å². The van der Waals surface area contributed by atoms with E-state index in [1.54, 1.807) is 0 Å². The molecular weight excluding hydrogens is 160 g/mol. The van der Waals surface area contributed by atoms with Crippen LogP contribution in [0.4, 0.5) is 5.69 Å². The van der Waals surface area contributed by atoms with Gasteiger partial charge in [0.25, 0.3) is 0 Å². The fourth-order valence-corrected chi connectivity index (χ4v) is 1.57. The Morgan fingerprint density at radius 3 is 2.46 bits per heavy atom. The maximum absolute atomic E-state index is 3.24. The molecule has 13 heavy (non-hydrogen) atoms. The minimum Gasteiger partial charge on any atom is -0.353 e. The van der Waals surface area contributed by atoms with Crippen LogP contribution in [0.3, 0.4) is 0 Å². The van der Waals surface area contributed by atoms with E-state index in [0.717, 1.165) is 6.67 Å². The van der Waals surface area contributed by atoms with Crippen LogP contribution in [0.2, 0.25) is 0 Å². The highest BCUT2D eigenvalue weighted by Crippen LogP contribution is 2.22. The van der Waals surface area contributed by atoms with E-state index in [9.17, 15) is 0 Å². The fraction of sp³-hybridized carbons (Fsp3) is 0.273. The van der Waals surface area contributed by atoms with Gasteiger partial charge in [0.05, 0.1) is 12.9 Å². The van der Waals surface area contributed by atoms with Gasteiger partial charge in [0.15, 0.2) is 0 Å². The molecule has 0 N–H and O–H groups in total. The first-order chi connectivity index (χ1) is 6.27. The van der Waals surface area contributed by atoms with Gasteiger partial charge in [-0.1, -0.05) is 18.2 Å². The van der Waals surface area contributed by atoms with Crippen LogP contribution < -0.4 is 4.90 Å². The Morgan fingerprint density at radius 1 is 1.23 bits per heavy atom. The van der Waals surface area contributed by atoms with Gasteiger partial charge in [-0.25, -0.2) is 0 Å². The minimum atomic E-state index is 0.899. The molecule has 2 heteroatoms.